The topological polar surface area (TPSA) is 44.2 Å². The Labute approximate surface area is 268 Å². The van der Waals surface area contributed by atoms with Crippen molar-refractivity contribution in [1.82, 2.24) is 7.96 Å². The van der Waals surface area contributed by atoms with Crippen LogP contribution in [0.4, 0.5) is 0 Å². The molecule has 9 heteroatoms. The molecule has 4 nitrogen and oxygen atoms in total. The van der Waals surface area contributed by atoms with E-state index in [1.165, 1.54) is 79.8 Å². The molecule has 0 aliphatic heterocycles. The molecule has 0 saturated carbocycles. The number of ether oxygens (including phenoxy) is 2. The molecule has 0 spiro atoms. The second kappa shape index (κ2) is 17.1. The molecule has 0 unspecified atom stereocenters. The van der Waals surface area contributed by atoms with Gasteiger partial charge in [0.25, 0.3) is 0 Å². The summed E-state index contributed by atoms with van der Waals surface area (Å²) in [7, 11) is 0. The Morgan fingerprint density at radius 2 is 1.00 bits per heavy atom. The Morgan fingerprint density at radius 3 is 1.38 bits per heavy atom. The van der Waals surface area contributed by atoms with Gasteiger partial charge in [-0.15, -0.1) is 0 Å². The van der Waals surface area contributed by atoms with Crippen LogP contribution < -0.4 is 9.47 Å². The zero-order valence-electron chi connectivity index (χ0n) is 22.9. The predicted octanol–water partition coefficient (Wildman–Crippen LogP) is 9.14. The number of unbranched alkanes of at least 4 members (excludes halogenated alkanes) is 10. The van der Waals surface area contributed by atoms with Crippen molar-refractivity contribution in [3.8, 4) is 31.5 Å². The maximum atomic E-state index is 6.75. The molecule has 0 N–H and O–H groups in total. The van der Waals surface area contributed by atoms with E-state index in [1.54, 1.807) is 0 Å². The van der Waals surface area contributed by atoms with Gasteiger partial charge in [0.2, 0.25) is 0 Å². The van der Waals surface area contributed by atoms with Crippen molar-refractivity contribution in [1.29, 1.82) is 0 Å². The second-order valence-corrected chi connectivity index (χ2v) is 19.5. The van der Waals surface area contributed by atoms with Crippen molar-refractivity contribution in [2.45, 2.75) is 90.9 Å². The van der Waals surface area contributed by atoms with Gasteiger partial charge in [0.15, 0.2) is 0 Å². The molecule has 0 aliphatic rings. The van der Waals surface area contributed by atoms with Crippen LogP contribution in [0.25, 0.3) is 31.0 Å². The normalized spacial score (nSPS) is 11.5. The number of aromatic nitrogens is 2. The molecule has 212 valence electrons. The van der Waals surface area contributed by atoms with Crippen LogP contribution in [-0.2, 0) is 0 Å². The summed E-state index contributed by atoms with van der Waals surface area (Å²) >= 11 is 7.72. The monoisotopic (exact) mass is 856 g/mol. The SMILES string of the molecule is CCCCCCCCOc1c(OCCCCCCCC)c(-c2ccc(Br)[se]2)c2n[se]nc2c1-c1ccc(Br)[se]1. The summed E-state index contributed by atoms with van der Waals surface area (Å²) in [6, 6.07) is 8.80. The molecule has 39 heavy (non-hydrogen) atoms. The van der Waals surface area contributed by atoms with Crippen molar-refractivity contribution >= 4 is 86.9 Å². The molecule has 4 aromatic rings. The van der Waals surface area contributed by atoms with Crippen LogP contribution in [0.1, 0.15) is 90.9 Å². The fourth-order valence-electron chi connectivity index (χ4n) is 4.70. The summed E-state index contributed by atoms with van der Waals surface area (Å²) in [6.07, 6.45) is 14.9. The Morgan fingerprint density at radius 1 is 0.590 bits per heavy atom. The van der Waals surface area contributed by atoms with Crippen molar-refractivity contribution in [3.63, 3.8) is 0 Å². The van der Waals surface area contributed by atoms with E-state index in [2.05, 4.69) is 70.0 Å². The Balaban J connectivity index is 1.70. The van der Waals surface area contributed by atoms with Gasteiger partial charge in [-0.1, -0.05) is 0 Å². The standard InChI is InChI=1S/C30H38Br2N2O2Se3/c1-3-5-7-9-11-13-19-35-29-25(21-15-17-23(31)37-21)27-28(34-39-33-27)26(22-16-18-24(32)38-22)30(29)36-20-14-12-10-8-6-4-2/h15-18H,3-14,19-20H2,1-2H3. The van der Waals surface area contributed by atoms with E-state index in [1.807, 2.05) is 0 Å². The molecule has 0 aliphatic carbocycles. The molecule has 0 saturated heterocycles. The minimum atomic E-state index is -0.145. The van der Waals surface area contributed by atoms with Gasteiger partial charge in [-0.2, -0.15) is 0 Å². The Kier molecular flexibility index (Phi) is 14.0. The van der Waals surface area contributed by atoms with E-state index in [0.717, 1.165) is 46.5 Å². The summed E-state index contributed by atoms with van der Waals surface area (Å²) in [5, 5.41) is 0. The first kappa shape index (κ1) is 31.8. The van der Waals surface area contributed by atoms with Gasteiger partial charge in [0.05, 0.1) is 0 Å². The van der Waals surface area contributed by atoms with E-state index in [-0.39, 0.29) is 44.0 Å². The first-order chi connectivity index (χ1) is 19.1. The Hall–Kier alpha value is -0.102. The fraction of sp³-hybridized carbons (Fsp3) is 0.533. The van der Waals surface area contributed by atoms with Crippen LogP contribution in [0.3, 0.4) is 0 Å². The molecular formula is C30H38Br2N2O2Se3. The Bertz CT molecular complexity index is 1200. The quantitative estimate of drug-likeness (QED) is 0.0741. The number of hydrogen-bond donors (Lipinski definition) is 0. The average Bonchev–Trinajstić information content (AvgIpc) is 3.69. The van der Waals surface area contributed by atoms with Crippen LogP contribution in [0, 0.1) is 0 Å². The first-order valence-electron chi connectivity index (χ1n) is 14.2. The van der Waals surface area contributed by atoms with E-state index in [0.29, 0.717) is 13.2 Å². The molecule has 0 atom stereocenters. The number of benzene rings is 1. The number of rotatable bonds is 18. The van der Waals surface area contributed by atoms with Crippen molar-refractivity contribution < 1.29 is 9.47 Å². The van der Waals surface area contributed by atoms with Gasteiger partial charge in [-0.3, -0.25) is 0 Å². The summed E-state index contributed by atoms with van der Waals surface area (Å²) in [6.45, 7) is 5.94. The molecule has 0 bridgehead atoms. The maximum absolute atomic E-state index is 6.75. The molecule has 3 heterocycles. The summed E-state index contributed by atoms with van der Waals surface area (Å²) < 4.78 is 28.5. The van der Waals surface area contributed by atoms with Crippen LogP contribution in [-0.4, -0.2) is 65.1 Å². The third-order valence-electron chi connectivity index (χ3n) is 6.75. The number of fused-ring (bicyclic) bond motifs is 1. The third-order valence-corrected chi connectivity index (χ3v) is 13.8. The third kappa shape index (κ3) is 8.94. The fourth-order valence-corrected chi connectivity index (χ4v) is 11.2. The number of nitrogens with zero attached hydrogens (tertiary/aromatic N) is 2. The average molecular weight is 855 g/mol. The molecule has 1 aromatic carbocycles. The van der Waals surface area contributed by atoms with Gasteiger partial charge >= 0.3 is 271 Å². The van der Waals surface area contributed by atoms with Gasteiger partial charge in [0.1, 0.15) is 0 Å². The molecular weight excluding hydrogens is 817 g/mol. The van der Waals surface area contributed by atoms with Crippen LogP contribution >= 0.6 is 31.9 Å². The van der Waals surface area contributed by atoms with Gasteiger partial charge in [-0.25, -0.2) is 0 Å². The van der Waals surface area contributed by atoms with E-state index >= 15 is 0 Å². The van der Waals surface area contributed by atoms with Gasteiger partial charge < -0.3 is 0 Å². The summed E-state index contributed by atoms with van der Waals surface area (Å²) in [5.74, 6) is 1.78. The zero-order valence-corrected chi connectivity index (χ0v) is 31.2. The molecule has 0 radical (unpaired) electrons. The van der Waals surface area contributed by atoms with Gasteiger partial charge in [0, 0.05) is 0 Å². The molecule has 0 fully saturated rings. The van der Waals surface area contributed by atoms with E-state index in [9.17, 15) is 0 Å². The summed E-state index contributed by atoms with van der Waals surface area (Å²) in [5.41, 5.74) is 4.26. The van der Waals surface area contributed by atoms with Crippen LogP contribution in [0.2, 0.25) is 0 Å². The van der Waals surface area contributed by atoms with E-state index < -0.39 is 0 Å². The van der Waals surface area contributed by atoms with Crippen LogP contribution in [0.15, 0.2) is 31.0 Å². The zero-order chi connectivity index (χ0) is 27.5. The molecule has 3 aromatic heterocycles. The van der Waals surface area contributed by atoms with Crippen molar-refractivity contribution in [2.24, 2.45) is 0 Å². The molecule has 0 amide bonds. The second-order valence-electron chi connectivity index (χ2n) is 9.81. The summed E-state index contributed by atoms with van der Waals surface area (Å²) in [4.78, 5) is 0. The van der Waals surface area contributed by atoms with Crippen molar-refractivity contribution in [2.75, 3.05) is 13.2 Å². The number of hydrogen-bond acceptors (Lipinski definition) is 4. The minimum absolute atomic E-state index is 0.145. The predicted molar refractivity (Wildman–Crippen MR) is 174 cm³/mol. The number of halogens is 2. The molecule has 4 rings (SSSR count). The first-order valence-corrected chi connectivity index (χ1v) is 20.8. The van der Waals surface area contributed by atoms with E-state index in [4.69, 9.17) is 17.4 Å². The van der Waals surface area contributed by atoms with Crippen molar-refractivity contribution in [3.05, 3.63) is 31.0 Å². The van der Waals surface area contributed by atoms with Gasteiger partial charge in [-0.05, 0) is 0 Å². The van der Waals surface area contributed by atoms with Crippen LogP contribution in [0.5, 0.6) is 11.5 Å².